The van der Waals surface area contributed by atoms with E-state index in [1.165, 1.54) is 11.8 Å². The van der Waals surface area contributed by atoms with Gasteiger partial charge in [-0.15, -0.1) is 0 Å². The maximum atomic E-state index is 10.6. The van der Waals surface area contributed by atoms with Crippen molar-refractivity contribution in [2.24, 2.45) is 0 Å². The second-order valence-corrected chi connectivity index (χ2v) is 6.30. The Bertz CT molecular complexity index is 634. The average Bonchev–Trinajstić information content (AvgIpc) is 2.88. The first-order valence-corrected chi connectivity index (χ1v) is 8.18. The molecule has 0 aliphatic carbocycles. The molecule has 102 valence electrons. The number of hydrogen-bond donors (Lipinski definition) is 1. The number of hydrogen-bond acceptors (Lipinski definition) is 7. The van der Waals surface area contributed by atoms with Crippen molar-refractivity contribution >= 4 is 41.2 Å². The maximum Gasteiger partial charge on any atom is 0.307 e. The van der Waals surface area contributed by atoms with Gasteiger partial charge in [-0.3, -0.25) is 4.79 Å². The Morgan fingerprint density at radius 1 is 1.35 bits per heavy atom. The molecule has 2 rings (SSSR count). The number of thioether (sulfide) groups is 2. The fraction of sp³-hybridized carbons (Fsp3) is 0.167. The highest BCUT2D eigenvalue weighted by molar-refractivity contribution is 8.18. The van der Waals surface area contributed by atoms with Crippen LogP contribution in [-0.4, -0.2) is 24.9 Å². The van der Waals surface area contributed by atoms with Gasteiger partial charge in [0.05, 0.1) is 23.2 Å². The van der Waals surface area contributed by atoms with Crippen LogP contribution in [0.3, 0.4) is 0 Å². The molecular formula is C12H9N3O2S3. The number of aliphatic carboxylic acids is 1. The summed E-state index contributed by atoms with van der Waals surface area (Å²) in [5.74, 6) is -0.849. The largest absolute Gasteiger partial charge is 0.481 e. The normalized spacial score (nSPS) is 10.2. The molecule has 0 spiro atoms. The predicted octanol–water partition coefficient (Wildman–Crippen LogP) is 3.10. The van der Waals surface area contributed by atoms with Crippen LogP contribution in [0.5, 0.6) is 0 Å². The Morgan fingerprint density at radius 2 is 2.10 bits per heavy atom. The number of benzene rings is 1. The third-order valence-electron chi connectivity index (χ3n) is 2.36. The Kier molecular flexibility index (Phi) is 5.40. The van der Waals surface area contributed by atoms with Gasteiger partial charge in [0.1, 0.15) is 16.1 Å². The van der Waals surface area contributed by atoms with Crippen LogP contribution in [0.2, 0.25) is 0 Å². The highest BCUT2D eigenvalue weighted by Crippen LogP contribution is 2.31. The molecule has 2 aromatic rings. The number of carboxylic acid groups (broad SMARTS) is 1. The van der Waals surface area contributed by atoms with E-state index in [0.29, 0.717) is 5.08 Å². The SMILES string of the molecule is N#CSCSc1nsnc1-c1ccc(CC(=O)O)cc1. The smallest absolute Gasteiger partial charge is 0.307 e. The first-order valence-electron chi connectivity index (χ1n) is 5.48. The molecule has 1 aromatic carbocycles. The topological polar surface area (TPSA) is 86.9 Å². The van der Waals surface area contributed by atoms with Crippen molar-refractivity contribution in [3.05, 3.63) is 29.8 Å². The van der Waals surface area contributed by atoms with Gasteiger partial charge in [-0.2, -0.15) is 14.0 Å². The Hall–Kier alpha value is -1.56. The fourth-order valence-electron chi connectivity index (χ4n) is 1.52. The minimum absolute atomic E-state index is 0.00993. The second-order valence-electron chi connectivity index (χ2n) is 3.68. The van der Waals surface area contributed by atoms with Crippen molar-refractivity contribution in [2.75, 3.05) is 5.08 Å². The van der Waals surface area contributed by atoms with E-state index in [1.54, 1.807) is 12.1 Å². The molecular weight excluding hydrogens is 314 g/mol. The second kappa shape index (κ2) is 7.28. The summed E-state index contributed by atoms with van der Waals surface area (Å²) in [6.45, 7) is 0. The third kappa shape index (κ3) is 3.96. The predicted molar refractivity (Wildman–Crippen MR) is 80.6 cm³/mol. The van der Waals surface area contributed by atoms with Gasteiger partial charge in [0.15, 0.2) is 0 Å². The lowest BCUT2D eigenvalue weighted by Gasteiger charge is -2.02. The zero-order chi connectivity index (χ0) is 14.4. The van der Waals surface area contributed by atoms with Crippen molar-refractivity contribution in [1.29, 1.82) is 5.26 Å². The highest BCUT2D eigenvalue weighted by atomic mass is 32.2. The average molecular weight is 323 g/mol. The van der Waals surface area contributed by atoms with Gasteiger partial charge in [-0.05, 0) is 17.3 Å². The molecule has 1 heterocycles. The molecule has 0 aliphatic heterocycles. The van der Waals surface area contributed by atoms with Gasteiger partial charge in [0.2, 0.25) is 0 Å². The van der Waals surface area contributed by atoms with Crippen LogP contribution < -0.4 is 0 Å². The number of nitrogens with zero attached hydrogens (tertiary/aromatic N) is 3. The van der Waals surface area contributed by atoms with Crippen LogP contribution >= 0.6 is 35.3 Å². The van der Waals surface area contributed by atoms with E-state index < -0.39 is 5.97 Å². The van der Waals surface area contributed by atoms with E-state index in [2.05, 4.69) is 8.75 Å². The standard InChI is InChI=1S/C12H9N3O2S3/c13-6-18-7-19-12-11(14-20-15-12)9-3-1-8(2-4-9)5-10(16)17/h1-4H,5,7H2,(H,16,17). The van der Waals surface area contributed by atoms with Crippen LogP contribution in [0.1, 0.15) is 5.56 Å². The van der Waals surface area contributed by atoms with Gasteiger partial charge < -0.3 is 5.11 Å². The lowest BCUT2D eigenvalue weighted by atomic mass is 10.1. The number of carboxylic acids is 1. The molecule has 0 atom stereocenters. The maximum absolute atomic E-state index is 10.6. The van der Waals surface area contributed by atoms with Crippen LogP contribution in [0.4, 0.5) is 0 Å². The zero-order valence-corrected chi connectivity index (χ0v) is 12.6. The summed E-state index contributed by atoms with van der Waals surface area (Å²) in [6.07, 6.45) is 0.00993. The van der Waals surface area contributed by atoms with Gasteiger partial charge in [0.25, 0.3) is 0 Å². The van der Waals surface area contributed by atoms with Crippen molar-refractivity contribution in [2.45, 2.75) is 11.4 Å². The first kappa shape index (κ1) is 14.8. The minimum Gasteiger partial charge on any atom is -0.481 e. The van der Waals surface area contributed by atoms with E-state index in [-0.39, 0.29) is 6.42 Å². The molecule has 1 N–H and O–H groups in total. The van der Waals surface area contributed by atoms with Crippen LogP contribution in [0.25, 0.3) is 11.3 Å². The minimum atomic E-state index is -0.849. The highest BCUT2D eigenvalue weighted by Gasteiger charge is 2.11. The summed E-state index contributed by atoms with van der Waals surface area (Å²) in [4.78, 5) is 10.6. The number of aromatic nitrogens is 2. The number of rotatable bonds is 6. The van der Waals surface area contributed by atoms with Crippen LogP contribution in [0.15, 0.2) is 29.3 Å². The molecule has 8 heteroatoms. The molecule has 0 bridgehead atoms. The number of thiocyanates is 1. The van der Waals surface area contributed by atoms with E-state index in [9.17, 15) is 4.79 Å². The number of carbonyl (C=O) groups is 1. The molecule has 0 saturated heterocycles. The van der Waals surface area contributed by atoms with Crippen molar-refractivity contribution < 1.29 is 9.90 Å². The van der Waals surface area contributed by atoms with Crippen molar-refractivity contribution in [1.82, 2.24) is 8.75 Å². The molecule has 0 unspecified atom stereocenters. The van der Waals surface area contributed by atoms with Crippen molar-refractivity contribution in [3.63, 3.8) is 0 Å². The molecule has 1 aromatic heterocycles. The molecule has 0 fully saturated rings. The zero-order valence-electron chi connectivity index (χ0n) is 10.1. The summed E-state index contributed by atoms with van der Waals surface area (Å²) in [5.41, 5.74) is 2.43. The Balaban J connectivity index is 2.13. The summed E-state index contributed by atoms with van der Waals surface area (Å²) >= 11 is 3.76. The Labute approximate surface area is 128 Å². The van der Waals surface area contributed by atoms with Crippen LogP contribution in [-0.2, 0) is 11.2 Å². The monoisotopic (exact) mass is 323 g/mol. The molecule has 0 aliphatic rings. The van der Waals surface area contributed by atoms with E-state index in [1.807, 2.05) is 17.5 Å². The van der Waals surface area contributed by atoms with Gasteiger partial charge in [0, 0.05) is 5.56 Å². The molecule has 20 heavy (non-hydrogen) atoms. The Morgan fingerprint density at radius 3 is 2.75 bits per heavy atom. The molecule has 5 nitrogen and oxygen atoms in total. The lowest BCUT2D eigenvalue weighted by Crippen LogP contribution is -1.99. The first-order chi connectivity index (χ1) is 9.70. The quantitative estimate of drug-likeness (QED) is 0.378. The summed E-state index contributed by atoms with van der Waals surface area (Å²) in [7, 11) is 0. The fourth-order valence-corrected chi connectivity index (χ4v) is 3.56. The molecule has 0 saturated carbocycles. The van der Waals surface area contributed by atoms with Crippen LogP contribution in [0, 0.1) is 10.7 Å². The summed E-state index contributed by atoms with van der Waals surface area (Å²) in [6, 6.07) is 7.25. The summed E-state index contributed by atoms with van der Waals surface area (Å²) < 4.78 is 8.47. The number of nitriles is 1. The van der Waals surface area contributed by atoms with Crippen molar-refractivity contribution in [3.8, 4) is 16.7 Å². The van der Waals surface area contributed by atoms with E-state index in [0.717, 1.165) is 45.3 Å². The lowest BCUT2D eigenvalue weighted by molar-refractivity contribution is -0.136. The molecule has 0 amide bonds. The molecule has 0 radical (unpaired) electrons. The van der Waals surface area contributed by atoms with Gasteiger partial charge in [-0.1, -0.05) is 36.0 Å². The third-order valence-corrected chi connectivity index (χ3v) is 4.63. The summed E-state index contributed by atoms with van der Waals surface area (Å²) in [5, 5.41) is 20.6. The van der Waals surface area contributed by atoms with E-state index in [4.69, 9.17) is 10.4 Å². The van der Waals surface area contributed by atoms with E-state index >= 15 is 0 Å². The van der Waals surface area contributed by atoms with Gasteiger partial charge >= 0.3 is 5.97 Å². The van der Waals surface area contributed by atoms with Gasteiger partial charge in [-0.25, -0.2) is 0 Å².